The average molecular weight is 359 g/mol. The minimum Gasteiger partial charge on any atom is -0.369 e. The Morgan fingerprint density at radius 3 is 3.00 bits per heavy atom. The molecule has 0 aliphatic carbocycles. The van der Waals surface area contributed by atoms with Gasteiger partial charge in [0.15, 0.2) is 0 Å². The Hall–Kier alpha value is -2.19. The zero-order valence-electron chi connectivity index (χ0n) is 15.1. The Kier molecular flexibility index (Phi) is 5.03. The van der Waals surface area contributed by atoms with Crippen LogP contribution < -0.4 is 0 Å². The van der Waals surface area contributed by atoms with E-state index in [1.807, 2.05) is 34.8 Å². The zero-order chi connectivity index (χ0) is 17.9. The molecule has 2 aromatic heterocycles. The van der Waals surface area contributed by atoms with Crippen LogP contribution in [0.2, 0.25) is 0 Å². The number of rotatable bonds is 6. The van der Waals surface area contributed by atoms with Crippen molar-refractivity contribution in [1.29, 1.82) is 0 Å². The molecular formula is C18H25N5O3. The Bertz CT molecular complexity index is 750. The largest absolute Gasteiger partial charge is 0.369 e. The topological polar surface area (TPSA) is 76.6 Å². The van der Waals surface area contributed by atoms with E-state index in [0.717, 1.165) is 62.7 Å². The van der Waals surface area contributed by atoms with Crippen LogP contribution in [0.4, 0.5) is 0 Å². The first kappa shape index (κ1) is 17.2. The second-order valence-corrected chi connectivity index (χ2v) is 7.12. The molecule has 0 N–H and O–H groups in total. The van der Waals surface area contributed by atoms with Crippen molar-refractivity contribution in [3.63, 3.8) is 0 Å². The SMILES string of the molecule is Cc1cc(CN2Cc3ccnn3C(COCC(=O)N3CCCC3)C2)no1. The smallest absolute Gasteiger partial charge is 0.248 e. The van der Waals surface area contributed by atoms with E-state index >= 15 is 0 Å². The van der Waals surface area contributed by atoms with Crippen LogP contribution in [0.15, 0.2) is 22.9 Å². The van der Waals surface area contributed by atoms with E-state index in [9.17, 15) is 4.79 Å². The van der Waals surface area contributed by atoms with Gasteiger partial charge in [-0.1, -0.05) is 5.16 Å². The van der Waals surface area contributed by atoms with E-state index in [2.05, 4.69) is 15.2 Å². The highest BCUT2D eigenvalue weighted by Crippen LogP contribution is 2.22. The van der Waals surface area contributed by atoms with Gasteiger partial charge in [0.2, 0.25) is 5.91 Å². The summed E-state index contributed by atoms with van der Waals surface area (Å²) in [6.45, 7) is 6.59. The maximum absolute atomic E-state index is 12.1. The van der Waals surface area contributed by atoms with E-state index in [4.69, 9.17) is 9.26 Å². The Morgan fingerprint density at radius 1 is 1.38 bits per heavy atom. The molecular weight excluding hydrogens is 334 g/mol. The summed E-state index contributed by atoms with van der Waals surface area (Å²) in [6.07, 6.45) is 4.02. The number of nitrogens with zero attached hydrogens (tertiary/aromatic N) is 5. The normalized spacial score (nSPS) is 20.5. The average Bonchev–Trinajstić information content (AvgIpc) is 3.36. The van der Waals surface area contributed by atoms with Crippen LogP contribution in [-0.4, -0.2) is 63.5 Å². The maximum Gasteiger partial charge on any atom is 0.248 e. The molecule has 0 spiro atoms. The predicted molar refractivity (Wildman–Crippen MR) is 93.3 cm³/mol. The molecule has 2 aliphatic heterocycles. The number of hydrogen-bond acceptors (Lipinski definition) is 6. The minimum absolute atomic E-state index is 0.0909. The Balaban J connectivity index is 1.34. The van der Waals surface area contributed by atoms with Gasteiger partial charge in [0.05, 0.1) is 24.0 Å². The van der Waals surface area contributed by atoms with Crippen molar-refractivity contribution in [2.45, 2.75) is 38.9 Å². The highest BCUT2D eigenvalue weighted by atomic mass is 16.5. The fourth-order valence-electron chi connectivity index (χ4n) is 3.77. The van der Waals surface area contributed by atoms with E-state index in [0.29, 0.717) is 6.61 Å². The molecule has 8 heteroatoms. The molecule has 140 valence electrons. The lowest BCUT2D eigenvalue weighted by Crippen LogP contribution is -2.40. The highest BCUT2D eigenvalue weighted by molar-refractivity contribution is 5.77. The fourth-order valence-corrected chi connectivity index (χ4v) is 3.77. The predicted octanol–water partition coefficient (Wildman–Crippen LogP) is 1.38. The zero-order valence-corrected chi connectivity index (χ0v) is 15.1. The lowest BCUT2D eigenvalue weighted by Gasteiger charge is -2.33. The maximum atomic E-state index is 12.1. The van der Waals surface area contributed by atoms with Gasteiger partial charge in [-0.05, 0) is 25.8 Å². The monoisotopic (exact) mass is 359 g/mol. The number of ether oxygens (including phenoxy) is 1. The number of likely N-dealkylation sites (tertiary alicyclic amines) is 1. The van der Waals surface area contributed by atoms with Crippen molar-refractivity contribution in [3.05, 3.63) is 35.5 Å². The van der Waals surface area contributed by atoms with Crippen LogP contribution in [0.1, 0.15) is 36.0 Å². The molecule has 2 aliphatic rings. The second kappa shape index (κ2) is 7.59. The van der Waals surface area contributed by atoms with Crippen molar-refractivity contribution in [1.82, 2.24) is 24.7 Å². The quantitative estimate of drug-likeness (QED) is 0.775. The molecule has 1 saturated heterocycles. The van der Waals surface area contributed by atoms with Crippen molar-refractivity contribution in [3.8, 4) is 0 Å². The van der Waals surface area contributed by atoms with Crippen molar-refractivity contribution < 1.29 is 14.1 Å². The number of amides is 1. The first-order valence-electron chi connectivity index (χ1n) is 9.21. The number of carbonyl (C=O) groups is 1. The van der Waals surface area contributed by atoms with Crippen LogP contribution >= 0.6 is 0 Å². The van der Waals surface area contributed by atoms with E-state index < -0.39 is 0 Å². The van der Waals surface area contributed by atoms with Crippen LogP contribution in [0.5, 0.6) is 0 Å². The van der Waals surface area contributed by atoms with Gasteiger partial charge in [0.25, 0.3) is 0 Å². The summed E-state index contributed by atoms with van der Waals surface area (Å²) in [5.41, 5.74) is 2.08. The lowest BCUT2D eigenvalue weighted by atomic mass is 10.2. The van der Waals surface area contributed by atoms with E-state index in [1.54, 1.807) is 0 Å². The Labute approximate surface area is 152 Å². The lowest BCUT2D eigenvalue weighted by molar-refractivity contribution is -0.135. The summed E-state index contributed by atoms with van der Waals surface area (Å²) in [7, 11) is 0. The molecule has 1 unspecified atom stereocenters. The molecule has 1 atom stereocenters. The summed E-state index contributed by atoms with van der Waals surface area (Å²) in [6, 6.07) is 4.09. The van der Waals surface area contributed by atoms with Crippen LogP contribution in [0.25, 0.3) is 0 Å². The number of hydrogen-bond donors (Lipinski definition) is 0. The molecule has 4 heterocycles. The molecule has 26 heavy (non-hydrogen) atoms. The number of fused-ring (bicyclic) bond motifs is 1. The minimum atomic E-state index is 0.0909. The van der Waals surface area contributed by atoms with Gasteiger partial charge in [-0.3, -0.25) is 14.4 Å². The number of aromatic nitrogens is 3. The molecule has 0 aromatic carbocycles. The molecule has 4 rings (SSSR count). The number of aryl methyl sites for hydroxylation is 1. The molecule has 1 fully saturated rings. The van der Waals surface area contributed by atoms with Gasteiger partial charge < -0.3 is 14.2 Å². The molecule has 8 nitrogen and oxygen atoms in total. The van der Waals surface area contributed by atoms with Crippen LogP contribution in [0, 0.1) is 6.92 Å². The standard InChI is InChI=1S/C18H25N5O3/c1-14-8-15(20-26-14)9-21-10-16-4-5-19-23(16)17(11-21)12-25-13-18(24)22-6-2-3-7-22/h4-5,8,17H,2-3,6-7,9-13H2,1H3. The van der Waals surface area contributed by atoms with Gasteiger partial charge in [0.1, 0.15) is 12.4 Å². The third-order valence-electron chi connectivity index (χ3n) is 5.01. The summed E-state index contributed by atoms with van der Waals surface area (Å²) >= 11 is 0. The summed E-state index contributed by atoms with van der Waals surface area (Å²) in [4.78, 5) is 16.3. The van der Waals surface area contributed by atoms with Crippen LogP contribution in [0.3, 0.4) is 0 Å². The highest BCUT2D eigenvalue weighted by Gasteiger charge is 2.27. The van der Waals surface area contributed by atoms with Gasteiger partial charge in [0, 0.05) is 45.0 Å². The summed E-state index contributed by atoms with van der Waals surface area (Å²) in [5.74, 6) is 0.913. The molecule has 0 bridgehead atoms. The third kappa shape index (κ3) is 3.81. The van der Waals surface area contributed by atoms with Gasteiger partial charge in [-0.15, -0.1) is 0 Å². The summed E-state index contributed by atoms with van der Waals surface area (Å²) in [5, 5.41) is 8.53. The van der Waals surface area contributed by atoms with Gasteiger partial charge in [-0.25, -0.2) is 0 Å². The first-order valence-corrected chi connectivity index (χ1v) is 9.21. The first-order chi connectivity index (χ1) is 12.7. The Morgan fingerprint density at radius 2 is 2.23 bits per heavy atom. The summed E-state index contributed by atoms with van der Waals surface area (Å²) < 4.78 is 12.9. The second-order valence-electron chi connectivity index (χ2n) is 7.12. The molecule has 0 radical (unpaired) electrons. The van der Waals surface area contributed by atoms with Crippen molar-refractivity contribution in [2.75, 3.05) is 32.8 Å². The number of carbonyl (C=O) groups excluding carboxylic acids is 1. The third-order valence-corrected chi connectivity index (χ3v) is 5.01. The van der Waals surface area contributed by atoms with E-state index in [-0.39, 0.29) is 18.6 Å². The molecule has 0 saturated carbocycles. The van der Waals surface area contributed by atoms with Gasteiger partial charge in [-0.2, -0.15) is 5.10 Å². The molecule has 1 amide bonds. The van der Waals surface area contributed by atoms with Crippen molar-refractivity contribution in [2.24, 2.45) is 0 Å². The van der Waals surface area contributed by atoms with Crippen LogP contribution in [-0.2, 0) is 22.6 Å². The van der Waals surface area contributed by atoms with Crippen molar-refractivity contribution >= 4 is 5.91 Å². The van der Waals surface area contributed by atoms with E-state index in [1.165, 1.54) is 0 Å². The molecule has 2 aromatic rings. The van der Waals surface area contributed by atoms with Gasteiger partial charge >= 0.3 is 0 Å². The fraction of sp³-hybridized carbons (Fsp3) is 0.611.